The molecule has 0 spiro atoms. The molecule has 104 valence electrons. The fourth-order valence-electron chi connectivity index (χ4n) is 2.30. The van der Waals surface area contributed by atoms with E-state index in [1.165, 1.54) is 4.90 Å². The number of amides is 1. The Labute approximate surface area is 111 Å². The molecule has 7 heteroatoms. The van der Waals surface area contributed by atoms with Gasteiger partial charge in [0, 0.05) is 19.6 Å². The van der Waals surface area contributed by atoms with Gasteiger partial charge in [-0.3, -0.25) is 14.3 Å². The lowest BCUT2D eigenvalue weighted by Gasteiger charge is -2.20. The number of carbonyl (C=O) groups excluding carboxylic acids is 1. The van der Waals surface area contributed by atoms with Crippen molar-refractivity contribution in [3.8, 4) is 0 Å². The first-order valence-corrected chi connectivity index (χ1v) is 6.23. The number of aromatic nitrogens is 2. The zero-order chi connectivity index (χ0) is 14.2. The van der Waals surface area contributed by atoms with Crippen LogP contribution in [-0.4, -0.2) is 50.3 Å². The van der Waals surface area contributed by atoms with Gasteiger partial charge >= 0.3 is 5.97 Å². The van der Waals surface area contributed by atoms with Crippen molar-refractivity contribution in [2.45, 2.75) is 32.4 Å². The fourth-order valence-corrected chi connectivity index (χ4v) is 2.30. The quantitative estimate of drug-likeness (QED) is 0.791. The largest absolute Gasteiger partial charge is 0.480 e. The molecule has 1 amide bonds. The van der Waals surface area contributed by atoms with Crippen molar-refractivity contribution in [2.24, 2.45) is 5.73 Å². The first-order chi connectivity index (χ1) is 8.87. The predicted molar refractivity (Wildman–Crippen MR) is 67.7 cm³/mol. The highest BCUT2D eigenvalue weighted by Crippen LogP contribution is 2.21. The van der Waals surface area contributed by atoms with E-state index in [0.29, 0.717) is 18.8 Å². The van der Waals surface area contributed by atoms with Gasteiger partial charge in [0.15, 0.2) is 0 Å². The van der Waals surface area contributed by atoms with Gasteiger partial charge in [-0.1, -0.05) is 0 Å². The number of rotatable bonds is 3. The zero-order valence-electron chi connectivity index (χ0n) is 11.1. The van der Waals surface area contributed by atoms with E-state index in [4.69, 9.17) is 10.8 Å². The van der Waals surface area contributed by atoms with E-state index in [1.54, 1.807) is 10.7 Å². The minimum atomic E-state index is -1.33. The number of likely N-dealkylation sites (tertiary alicyclic amines) is 1. The maximum Gasteiger partial charge on any atom is 0.325 e. The number of carbonyl (C=O) groups is 2. The summed E-state index contributed by atoms with van der Waals surface area (Å²) in [6, 6.07) is 1.71. The van der Waals surface area contributed by atoms with Crippen LogP contribution in [0.15, 0.2) is 6.07 Å². The molecule has 0 bridgehead atoms. The van der Waals surface area contributed by atoms with Crippen molar-refractivity contribution < 1.29 is 14.7 Å². The Morgan fingerprint density at radius 1 is 1.58 bits per heavy atom. The highest BCUT2D eigenvalue weighted by molar-refractivity contribution is 5.94. The lowest BCUT2D eigenvalue weighted by molar-refractivity contribution is -0.142. The second-order valence-corrected chi connectivity index (χ2v) is 4.92. The predicted octanol–water partition coefficient (Wildman–Crippen LogP) is -0.161. The summed E-state index contributed by atoms with van der Waals surface area (Å²) in [7, 11) is 0. The summed E-state index contributed by atoms with van der Waals surface area (Å²) < 4.78 is 1.62. The van der Waals surface area contributed by atoms with Crippen molar-refractivity contribution in [1.82, 2.24) is 14.7 Å². The highest BCUT2D eigenvalue weighted by atomic mass is 16.4. The average Bonchev–Trinajstić information content (AvgIpc) is 2.93. The van der Waals surface area contributed by atoms with Crippen LogP contribution in [-0.2, 0) is 11.3 Å². The Morgan fingerprint density at radius 2 is 2.26 bits per heavy atom. The van der Waals surface area contributed by atoms with Crippen LogP contribution in [0, 0.1) is 6.92 Å². The summed E-state index contributed by atoms with van der Waals surface area (Å²) in [5.41, 5.74) is 5.68. The smallest absolute Gasteiger partial charge is 0.325 e. The summed E-state index contributed by atoms with van der Waals surface area (Å²) in [4.78, 5) is 24.9. The lowest BCUT2D eigenvalue weighted by Crippen LogP contribution is -2.50. The van der Waals surface area contributed by atoms with Crippen LogP contribution in [0.4, 0.5) is 0 Å². The van der Waals surface area contributed by atoms with Gasteiger partial charge in [0.1, 0.15) is 11.2 Å². The molecule has 2 rings (SSSR count). The third-order valence-corrected chi connectivity index (χ3v) is 3.43. The first-order valence-electron chi connectivity index (χ1n) is 6.23. The monoisotopic (exact) mass is 266 g/mol. The molecule has 0 aromatic carbocycles. The van der Waals surface area contributed by atoms with E-state index >= 15 is 0 Å². The van der Waals surface area contributed by atoms with Crippen molar-refractivity contribution in [3.05, 3.63) is 17.5 Å². The molecule has 1 aromatic heterocycles. The summed E-state index contributed by atoms with van der Waals surface area (Å²) in [6.45, 7) is 4.70. The molecule has 0 aliphatic carbocycles. The molecule has 1 aliphatic heterocycles. The molecular formula is C12H18N4O3. The van der Waals surface area contributed by atoms with Gasteiger partial charge in [-0.25, -0.2) is 0 Å². The molecule has 1 unspecified atom stereocenters. The summed E-state index contributed by atoms with van der Waals surface area (Å²) in [5.74, 6) is -1.28. The second kappa shape index (κ2) is 4.65. The van der Waals surface area contributed by atoms with Crippen LogP contribution >= 0.6 is 0 Å². The molecule has 1 saturated heterocycles. The maximum atomic E-state index is 12.4. The van der Waals surface area contributed by atoms with Crippen molar-refractivity contribution >= 4 is 11.9 Å². The van der Waals surface area contributed by atoms with Crippen LogP contribution in [0.1, 0.15) is 29.5 Å². The Balaban J connectivity index is 2.20. The van der Waals surface area contributed by atoms with E-state index in [1.807, 2.05) is 13.8 Å². The summed E-state index contributed by atoms with van der Waals surface area (Å²) in [5, 5.41) is 13.3. The molecular weight excluding hydrogens is 248 g/mol. The number of aryl methyl sites for hydroxylation is 2. The van der Waals surface area contributed by atoms with Crippen LogP contribution in [0.2, 0.25) is 0 Å². The Bertz CT molecular complexity index is 525. The third-order valence-electron chi connectivity index (χ3n) is 3.43. The van der Waals surface area contributed by atoms with Crippen molar-refractivity contribution in [1.29, 1.82) is 0 Å². The van der Waals surface area contributed by atoms with E-state index < -0.39 is 11.5 Å². The van der Waals surface area contributed by atoms with Gasteiger partial charge in [0.05, 0.1) is 5.69 Å². The third kappa shape index (κ3) is 2.33. The molecule has 1 fully saturated rings. The topological polar surface area (TPSA) is 101 Å². The highest BCUT2D eigenvalue weighted by Gasteiger charge is 2.43. The van der Waals surface area contributed by atoms with Crippen LogP contribution in [0.5, 0.6) is 0 Å². The number of carboxylic acids is 1. The molecule has 0 saturated carbocycles. The van der Waals surface area contributed by atoms with Crippen LogP contribution < -0.4 is 5.73 Å². The van der Waals surface area contributed by atoms with Crippen LogP contribution in [0.25, 0.3) is 0 Å². The standard InChI is InChI=1S/C12H18N4O3/c1-3-16-9(6-8(2)14-16)10(17)15-5-4-12(13,7-15)11(18)19/h6H,3-5,7,13H2,1-2H3,(H,18,19). The second-order valence-electron chi connectivity index (χ2n) is 4.92. The number of nitrogens with two attached hydrogens (primary N) is 1. The minimum absolute atomic E-state index is 0.0368. The molecule has 1 aliphatic rings. The first kappa shape index (κ1) is 13.5. The fraction of sp³-hybridized carbons (Fsp3) is 0.583. The summed E-state index contributed by atoms with van der Waals surface area (Å²) >= 11 is 0. The van der Waals surface area contributed by atoms with Gasteiger partial charge in [-0.2, -0.15) is 5.10 Å². The average molecular weight is 266 g/mol. The Hall–Kier alpha value is -1.89. The molecule has 0 radical (unpaired) electrons. The number of hydrogen-bond acceptors (Lipinski definition) is 4. The zero-order valence-corrected chi connectivity index (χ0v) is 11.1. The number of aliphatic carboxylic acids is 1. The van der Waals surface area contributed by atoms with Gasteiger partial charge in [-0.05, 0) is 26.3 Å². The number of carboxylic acid groups (broad SMARTS) is 1. The van der Waals surface area contributed by atoms with Gasteiger partial charge in [0.2, 0.25) is 0 Å². The van der Waals surface area contributed by atoms with Crippen molar-refractivity contribution in [3.63, 3.8) is 0 Å². The Kier molecular flexibility index (Phi) is 3.32. The molecule has 7 nitrogen and oxygen atoms in total. The SMILES string of the molecule is CCn1nc(C)cc1C(=O)N1CCC(N)(C(=O)O)C1. The van der Waals surface area contributed by atoms with Gasteiger partial charge in [-0.15, -0.1) is 0 Å². The molecule has 1 atom stereocenters. The maximum absolute atomic E-state index is 12.4. The summed E-state index contributed by atoms with van der Waals surface area (Å²) in [6.07, 6.45) is 0.271. The van der Waals surface area contributed by atoms with Crippen LogP contribution in [0.3, 0.4) is 0 Å². The molecule has 19 heavy (non-hydrogen) atoms. The molecule has 2 heterocycles. The van der Waals surface area contributed by atoms with E-state index in [2.05, 4.69) is 5.10 Å². The molecule has 3 N–H and O–H groups in total. The number of hydrogen-bond donors (Lipinski definition) is 2. The minimum Gasteiger partial charge on any atom is -0.480 e. The van der Waals surface area contributed by atoms with E-state index in [-0.39, 0.29) is 18.9 Å². The van der Waals surface area contributed by atoms with E-state index in [0.717, 1.165) is 5.69 Å². The van der Waals surface area contributed by atoms with Gasteiger partial charge < -0.3 is 15.7 Å². The lowest BCUT2D eigenvalue weighted by atomic mass is 10.0. The number of nitrogens with zero attached hydrogens (tertiary/aromatic N) is 3. The Morgan fingerprint density at radius 3 is 2.79 bits per heavy atom. The van der Waals surface area contributed by atoms with E-state index in [9.17, 15) is 9.59 Å². The van der Waals surface area contributed by atoms with Crippen molar-refractivity contribution in [2.75, 3.05) is 13.1 Å². The molecule has 1 aromatic rings. The normalized spacial score (nSPS) is 22.8. The van der Waals surface area contributed by atoms with Gasteiger partial charge in [0.25, 0.3) is 5.91 Å².